The second kappa shape index (κ2) is 5.71. The summed E-state index contributed by atoms with van der Waals surface area (Å²) in [5, 5.41) is 12.0. The van der Waals surface area contributed by atoms with Gasteiger partial charge >= 0.3 is 0 Å². The van der Waals surface area contributed by atoms with Crippen LogP contribution in [0.3, 0.4) is 0 Å². The number of carbonyl (C=O) groups is 1. The van der Waals surface area contributed by atoms with Gasteiger partial charge in [-0.25, -0.2) is 4.39 Å². The van der Waals surface area contributed by atoms with Crippen molar-refractivity contribution in [2.75, 3.05) is 6.61 Å². The summed E-state index contributed by atoms with van der Waals surface area (Å²) in [6, 6.07) is 4.08. The van der Waals surface area contributed by atoms with Gasteiger partial charge in [0.05, 0.1) is 5.56 Å². The third-order valence-electron chi connectivity index (χ3n) is 3.40. The van der Waals surface area contributed by atoms with E-state index in [1.165, 1.54) is 18.2 Å². The van der Waals surface area contributed by atoms with E-state index in [4.69, 9.17) is 0 Å². The van der Waals surface area contributed by atoms with Gasteiger partial charge < -0.3 is 10.4 Å². The molecule has 18 heavy (non-hydrogen) atoms. The maximum absolute atomic E-state index is 13.5. The fourth-order valence-corrected chi connectivity index (χ4v) is 2.58. The Bertz CT molecular complexity index is 453. The molecule has 0 heterocycles. The molecule has 1 aliphatic carbocycles. The highest BCUT2D eigenvalue weighted by Gasteiger charge is 2.28. The Labute approximate surface area is 111 Å². The Morgan fingerprint density at radius 1 is 1.50 bits per heavy atom. The molecular formula is C13H16FNO2S. The van der Waals surface area contributed by atoms with Crippen LogP contribution < -0.4 is 5.32 Å². The molecule has 1 aromatic carbocycles. The van der Waals surface area contributed by atoms with E-state index in [1.807, 2.05) is 0 Å². The molecule has 0 radical (unpaired) electrons. The van der Waals surface area contributed by atoms with E-state index in [9.17, 15) is 14.3 Å². The minimum absolute atomic E-state index is 0.00564. The number of aliphatic hydroxyl groups excluding tert-OH is 1. The third-order valence-corrected chi connectivity index (χ3v) is 3.68. The van der Waals surface area contributed by atoms with E-state index < -0.39 is 11.7 Å². The lowest BCUT2D eigenvalue weighted by Crippen LogP contribution is -2.38. The number of thiol groups is 1. The van der Waals surface area contributed by atoms with Gasteiger partial charge in [-0.15, -0.1) is 12.6 Å². The van der Waals surface area contributed by atoms with Gasteiger partial charge in [-0.05, 0) is 31.0 Å². The molecule has 1 amide bonds. The molecule has 1 saturated carbocycles. The number of aliphatic hydroxyl groups is 1. The Balaban J connectivity index is 2.09. The van der Waals surface area contributed by atoms with Crippen molar-refractivity contribution in [2.24, 2.45) is 5.92 Å². The van der Waals surface area contributed by atoms with E-state index in [-0.39, 0.29) is 24.1 Å². The van der Waals surface area contributed by atoms with E-state index in [0.29, 0.717) is 4.90 Å². The Kier molecular flexibility index (Phi) is 4.24. The summed E-state index contributed by atoms with van der Waals surface area (Å²) in [5.41, 5.74) is 0.00564. The summed E-state index contributed by atoms with van der Waals surface area (Å²) in [5.74, 6) is -0.909. The van der Waals surface area contributed by atoms with Gasteiger partial charge in [0.1, 0.15) is 5.82 Å². The fourth-order valence-electron chi connectivity index (χ4n) is 2.38. The monoisotopic (exact) mass is 269 g/mol. The first-order valence-electron chi connectivity index (χ1n) is 6.02. The molecule has 0 aromatic heterocycles. The second-order valence-corrected chi connectivity index (χ2v) is 5.13. The van der Waals surface area contributed by atoms with Gasteiger partial charge in [0.25, 0.3) is 5.91 Å². The van der Waals surface area contributed by atoms with Crippen LogP contribution in [-0.2, 0) is 0 Å². The largest absolute Gasteiger partial charge is 0.396 e. The van der Waals surface area contributed by atoms with Crippen LogP contribution >= 0.6 is 12.6 Å². The number of nitrogens with one attached hydrogen (secondary N) is 1. The molecule has 2 unspecified atom stereocenters. The maximum atomic E-state index is 13.5. The topological polar surface area (TPSA) is 49.3 Å². The number of hydrogen-bond acceptors (Lipinski definition) is 3. The van der Waals surface area contributed by atoms with Crippen LogP contribution in [-0.4, -0.2) is 23.7 Å². The van der Waals surface area contributed by atoms with Crippen molar-refractivity contribution in [3.8, 4) is 0 Å². The maximum Gasteiger partial charge on any atom is 0.254 e. The lowest BCUT2D eigenvalue weighted by atomic mass is 10.0. The zero-order valence-corrected chi connectivity index (χ0v) is 10.8. The summed E-state index contributed by atoms with van der Waals surface area (Å²) in [6.07, 6.45) is 2.71. The van der Waals surface area contributed by atoms with Gasteiger partial charge in [0.2, 0.25) is 0 Å². The summed E-state index contributed by atoms with van der Waals surface area (Å²) in [4.78, 5) is 12.5. The quantitative estimate of drug-likeness (QED) is 0.735. The van der Waals surface area contributed by atoms with Crippen molar-refractivity contribution in [3.05, 3.63) is 29.6 Å². The van der Waals surface area contributed by atoms with Crippen LogP contribution in [0.1, 0.15) is 29.6 Å². The lowest BCUT2D eigenvalue weighted by Gasteiger charge is -2.19. The molecule has 1 aromatic rings. The summed E-state index contributed by atoms with van der Waals surface area (Å²) < 4.78 is 13.5. The number of rotatable bonds is 3. The standard InChI is InChI=1S/C13H16FNO2S/c14-11-5-4-9(18)6-10(11)13(17)15-12-3-1-2-8(12)7-16/h4-6,8,12,16,18H,1-3,7H2,(H,15,17). The summed E-state index contributed by atoms with van der Waals surface area (Å²) in [7, 11) is 0. The molecule has 2 rings (SSSR count). The minimum Gasteiger partial charge on any atom is -0.396 e. The van der Waals surface area contributed by atoms with E-state index in [0.717, 1.165) is 19.3 Å². The van der Waals surface area contributed by atoms with Crippen LogP contribution in [0.4, 0.5) is 4.39 Å². The molecule has 0 bridgehead atoms. The van der Waals surface area contributed by atoms with Crippen molar-refractivity contribution in [1.82, 2.24) is 5.32 Å². The minimum atomic E-state index is -0.552. The number of halogens is 1. The highest BCUT2D eigenvalue weighted by molar-refractivity contribution is 7.80. The highest BCUT2D eigenvalue weighted by Crippen LogP contribution is 2.25. The number of benzene rings is 1. The zero-order chi connectivity index (χ0) is 13.1. The van der Waals surface area contributed by atoms with Crippen LogP contribution in [0.25, 0.3) is 0 Å². The van der Waals surface area contributed by atoms with Gasteiger partial charge in [-0.1, -0.05) is 6.42 Å². The average molecular weight is 269 g/mol. The molecule has 0 aliphatic heterocycles. The number of hydrogen-bond donors (Lipinski definition) is 3. The van der Waals surface area contributed by atoms with Crippen molar-refractivity contribution in [2.45, 2.75) is 30.2 Å². The van der Waals surface area contributed by atoms with Crippen molar-refractivity contribution < 1.29 is 14.3 Å². The van der Waals surface area contributed by atoms with E-state index in [2.05, 4.69) is 17.9 Å². The molecule has 0 spiro atoms. The van der Waals surface area contributed by atoms with Gasteiger partial charge in [0, 0.05) is 23.5 Å². The van der Waals surface area contributed by atoms with Crippen molar-refractivity contribution >= 4 is 18.5 Å². The SMILES string of the molecule is O=C(NC1CCCC1CO)c1cc(S)ccc1F. The van der Waals surface area contributed by atoms with Crippen molar-refractivity contribution in [3.63, 3.8) is 0 Å². The summed E-state index contributed by atoms with van der Waals surface area (Å²) >= 11 is 4.09. The molecule has 2 atom stereocenters. The van der Waals surface area contributed by atoms with Crippen molar-refractivity contribution in [1.29, 1.82) is 0 Å². The van der Waals surface area contributed by atoms with Crippen LogP contribution in [0, 0.1) is 11.7 Å². The molecule has 1 aliphatic rings. The van der Waals surface area contributed by atoms with Crippen LogP contribution in [0.15, 0.2) is 23.1 Å². The Hall–Kier alpha value is -1.07. The zero-order valence-electron chi connectivity index (χ0n) is 9.90. The fraction of sp³-hybridized carbons (Fsp3) is 0.462. The second-order valence-electron chi connectivity index (χ2n) is 4.62. The average Bonchev–Trinajstić information content (AvgIpc) is 2.79. The van der Waals surface area contributed by atoms with E-state index >= 15 is 0 Å². The van der Waals surface area contributed by atoms with Gasteiger partial charge in [0.15, 0.2) is 0 Å². The first-order valence-corrected chi connectivity index (χ1v) is 6.46. The predicted octanol–water partition coefficient (Wildman–Crippen LogP) is 2.01. The predicted molar refractivity (Wildman–Crippen MR) is 69.3 cm³/mol. The molecule has 98 valence electrons. The number of carbonyl (C=O) groups excluding carboxylic acids is 1. The molecule has 3 nitrogen and oxygen atoms in total. The van der Waals surface area contributed by atoms with Crippen LogP contribution in [0.2, 0.25) is 0 Å². The Morgan fingerprint density at radius 2 is 2.28 bits per heavy atom. The normalized spacial score (nSPS) is 23.1. The molecule has 1 fully saturated rings. The van der Waals surface area contributed by atoms with Gasteiger partial charge in [-0.3, -0.25) is 4.79 Å². The third kappa shape index (κ3) is 2.84. The van der Waals surface area contributed by atoms with Gasteiger partial charge in [-0.2, -0.15) is 0 Å². The summed E-state index contributed by atoms with van der Waals surface area (Å²) in [6.45, 7) is 0.0556. The number of amides is 1. The first-order chi connectivity index (χ1) is 8.61. The smallest absolute Gasteiger partial charge is 0.254 e. The molecular weight excluding hydrogens is 253 g/mol. The van der Waals surface area contributed by atoms with Crippen LogP contribution in [0.5, 0.6) is 0 Å². The highest BCUT2D eigenvalue weighted by atomic mass is 32.1. The molecule has 5 heteroatoms. The van der Waals surface area contributed by atoms with E-state index in [1.54, 1.807) is 0 Å². The molecule has 2 N–H and O–H groups in total. The Morgan fingerprint density at radius 3 is 3.00 bits per heavy atom. The first kappa shape index (κ1) is 13.4. The molecule has 0 saturated heterocycles. The lowest BCUT2D eigenvalue weighted by molar-refractivity contribution is 0.0911.